The molecule has 6 nitrogen and oxygen atoms in total. The Balaban J connectivity index is 1.87. The lowest BCUT2D eigenvalue weighted by molar-refractivity contribution is 0.0690. The van der Waals surface area contributed by atoms with Gasteiger partial charge in [0, 0.05) is 6.20 Å². The van der Waals surface area contributed by atoms with Crippen molar-refractivity contribution in [2.45, 2.75) is 6.61 Å². The molecular weight excluding hydrogens is 318 g/mol. The van der Waals surface area contributed by atoms with Gasteiger partial charge in [0.15, 0.2) is 11.5 Å². The number of nitrogens with zero attached hydrogens (tertiary/aromatic N) is 3. The van der Waals surface area contributed by atoms with Gasteiger partial charge in [-0.1, -0.05) is 24.3 Å². The molecule has 0 saturated heterocycles. The van der Waals surface area contributed by atoms with Gasteiger partial charge in [-0.2, -0.15) is 5.26 Å². The molecule has 6 heteroatoms. The molecule has 1 N–H and O–H groups in total. The predicted molar refractivity (Wildman–Crippen MR) is 89.9 cm³/mol. The molecule has 0 aliphatic heterocycles. The highest BCUT2D eigenvalue weighted by Crippen LogP contribution is 2.28. The monoisotopic (exact) mass is 331 g/mol. The second-order valence-corrected chi connectivity index (χ2v) is 5.17. The molecule has 0 unspecified atom stereocenters. The highest BCUT2D eigenvalue weighted by Gasteiger charge is 2.12. The van der Waals surface area contributed by atoms with E-state index in [1.165, 1.54) is 12.3 Å². The van der Waals surface area contributed by atoms with Crippen molar-refractivity contribution in [2.75, 3.05) is 0 Å². The van der Waals surface area contributed by atoms with E-state index in [0.717, 1.165) is 5.56 Å². The van der Waals surface area contributed by atoms with Crippen LogP contribution in [-0.2, 0) is 6.61 Å². The van der Waals surface area contributed by atoms with Crippen molar-refractivity contribution >= 4 is 5.97 Å². The maximum Gasteiger partial charge on any atom is 0.354 e. The van der Waals surface area contributed by atoms with Gasteiger partial charge < -0.3 is 9.84 Å². The lowest BCUT2D eigenvalue weighted by Gasteiger charge is -2.11. The minimum Gasteiger partial charge on any atom is -0.488 e. The molecule has 3 aromatic rings. The summed E-state index contributed by atoms with van der Waals surface area (Å²) in [7, 11) is 0. The largest absolute Gasteiger partial charge is 0.488 e. The topological polar surface area (TPSA) is 96.1 Å². The summed E-state index contributed by atoms with van der Waals surface area (Å²) in [5.74, 6) is -0.302. The molecule has 0 aliphatic rings. The maximum absolute atomic E-state index is 11.1. The number of ether oxygens (including phenoxy) is 1. The predicted octanol–water partition coefficient (Wildman–Crippen LogP) is 3.29. The quantitative estimate of drug-likeness (QED) is 0.770. The first-order valence-corrected chi connectivity index (χ1v) is 7.45. The second kappa shape index (κ2) is 7.23. The van der Waals surface area contributed by atoms with Crippen LogP contribution in [0.15, 0.2) is 60.8 Å². The van der Waals surface area contributed by atoms with Crippen molar-refractivity contribution in [1.29, 1.82) is 5.26 Å². The van der Waals surface area contributed by atoms with Crippen molar-refractivity contribution in [3.05, 3.63) is 77.6 Å². The summed E-state index contributed by atoms with van der Waals surface area (Å²) in [5, 5.41) is 18.0. The molecule has 0 atom stereocenters. The Morgan fingerprint density at radius 1 is 1.16 bits per heavy atom. The van der Waals surface area contributed by atoms with E-state index < -0.39 is 5.97 Å². The Kier molecular flexibility index (Phi) is 4.67. The first-order valence-electron chi connectivity index (χ1n) is 7.45. The van der Waals surface area contributed by atoms with Crippen LogP contribution in [0.5, 0.6) is 5.75 Å². The van der Waals surface area contributed by atoms with Crippen molar-refractivity contribution in [1.82, 2.24) is 9.97 Å². The molecule has 0 aliphatic carbocycles. The molecule has 0 spiro atoms. The van der Waals surface area contributed by atoms with Crippen LogP contribution in [0, 0.1) is 11.3 Å². The standard InChI is InChI=1S/C19H13N3O3/c20-11-13-4-3-5-14(10-13)12-25-17-7-2-1-6-15(17)18-21-9-8-16(22-18)19(23)24/h1-10H,12H2,(H,23,24). The number of rotatable bonds is 5. The summed E-state index contributed by atoms with van der Waals surface area (Å²) < 4.78 is 5.84. The van der Waals surface area contributed by atoms with Crippen LogP contribution < -0.4 is 4.74 Å². The molecule has 122 valence electrons. The van der Waals surface area contributed by atoms with Crippen LogP contribution in [0.1, 0.15) is 21.6 Å². The fourth-order valence-electron chi connectivity index (χ4n) is 2.28. The average Bonchev–Trinajstić information content (AvgIpc) is 2.67. The van der Waals surface area contributed by atoms with Gasteiger partial charge in [0.2, 0.25) is 0 Å². The van der Waals surface area contributed by atoms with Crippen molar-refractivity contribution in [2.24, 2.45) is 0 Å². The number of aromatic nitrogens is 2. The number of carboxylic acid groups (broad SMARTS) is 1. The zero-order valence-corrected chi connectivity index (χ0v) is 13.1. The lowest BCUT2D eigenvalue weighted by Crippen LogP contribution is -2.03. The molecule has 3 rings (SSSR count). The van der Waals surface area contributed by atoms with Crippen LogP contribution >= 0.6 is 0 Å². The first-order chi connectivity index (χ1) is 12.2. The van der Waals surface area contributed by atoms with E-state index in [1.807, 2.05) is 12.1 Å². The van der Waals surface area contributed by atoms with E-state index >= 15 is 0 Å². The molecule has 0 saturated carbocycles. The number of hydrogen-bond donors (Lipinski definition) is 1. The summed E-state index contributed by atoms with van der Waals surface area (Å²) >= 11 is 0. The van der Waals surface area contributed by atoms with Gasteiger partial charge in [-0.05, 0) is 35.9 Å². The van der Waals surface area contributed by atoms with Crippen LogP contribution in [-0.4, -0.2) is 21.0 Å². The summed E-state index contributed by atoms with van der Waals surface area (Å²) in [6.07, 6.45) is 1.40. The van der Waals surface area contributed by atoms with Crippen LogP contribution in [0.3, 0.4) is 0 Å². The van der Waals surface area contributed by atoms with E-state index in [2.05, 4.69) is 16.0 Å². The lowest BCUT2D eigenvalue weighted by atomic mass is 10.1. The highest BCUT2D eigenvalue weighted by atomic mass is 16.5. The molecular formula is C19H13N3O3. The average molecular weight is 331 g/mol. The van der Waals surface area contributed by atoms with Gasteiger partial charge in [-0.15, -0.1) is 0 Å². The summed E-state index contributed by atoms with van der Waals surface area (Å²) in [4.78, 5) is 19.3. The van der Waals surface area contributed by atoms with Gasteiger partial charge in [0.1, 0.15) is 12.4 Å². The Labute approximate surface area is 144 Å². The summed E-state index contributed by atoms with van der Waals surface area (Å²) in [6, 6.07) is 17.7. The van der Waals surface area contributed by atoms with Crippen LogP contribution in [0.4, 0.5) is 0 Å². The van der Waals surface area contributed by atoms with Crippen LogP contribution in [0.2, 0.25) is 0 Å². The smallest absolute Gasteiger partial charge is 0.354 e. The third kappa shape index (κ3) is 3.79. The molecule has 1 aromatic heterocycles. The molecule has 0 amide bonds. The number of hydrogen-bond acceptors (Lipinski definition) is 5. The Bertz CT molecular complexity index is 964. The SMILES string of the molecule is N#Cc1cccc(COc2ccccc2-c2nccc(C(=O)O)n2)c1. The zero-order valence-electron chi connectivity index (χ0n) is 13.1. The molecule has 2 aromatic carbocycles. The number of aromatic carboxylic acids is 1. The number of benzene rings is 2. The van der Waals surface area contributed by atoms with E-state index in [4.69, 9.17) is 15.1 Å². The Morgan fingerprint density at radius 2 is 2.00 bits per heavy atom. The first kappa shape index (κ1) is 16.1. The zero-order chi connectivity index (χ0) is 17.6. The van der Waals surface area contributed by atoms with E-state index in [9.17, 15) is 4.79 Å². The number of para-hydroxylation sites is 1. The summed E-state index contributed by atoms with van der Waals surface area (Å²) in [5.41, 5.74) is 1.93. The minimum atomic E-state index is -1.12. The van der Waals surface area contributed by atoms with Crippen LogP contribution in [0.25, 0.3) is 11.4 Å². The van der Waals surface area contributed by atoms with Crippen molar-refractivity contribution in [3.63, 3.8) is 0 Å². The third-order valence-corrected chi connectivity index (χ3v) is 3.45. The molecule has 0 radical (unpaired) electrons. The molecule has 25 heavy (non-hydrogen) atoms. The number of carboxylic acids is 1. The van der Waals surface area contributed by atoms with E-state index in [-0.39, 0.29) is 18.1 Å². The number of nitriles is 1. The maximum atomic E-state index is 11.1. The highest BCUT2D eigenvalue weighted by molar-refractivity contribution is 5.85. The number of carbonyl (C=O) groups is 1. The molecule has 0 bridgehead atoms. The summed E-state index contributed by atoms with van der Waals surface area (Å²) in [6.45, 7) is 0.269. The van der Waals surface area contributed by atoms with Gasteiger partial charge in [-0.25, -0.2) is 14.8 Å². The second-order valence-electron chi connectivity index (χ2n) is 5.17. The Hall–Kier alpha value is -3.72. The molecule has 1 heterocycles. The molecule has 0 fully saturated rings. The fourth-order valence-corrected chi connectivity index (χ4v) is 2.28. The van der Waals surface area contributed by atoms with Crippen molar-refractivity contribution < 1.29 is 14.6 Å². The van der Waals surface area contributed by atoms with Gasteiger partial charge >= 0.3 is 5.97 Å². The fraction of sp³-hybridized carbons (Fsp3) is 0.0526. The minimum absolute atomic E-state index is 0.0819. The van der Waals surface area contributed by atoms with Gasteiger partial charge in [0.05, 0.1) is 17.2 Å². The van der Waals surface area contributed by atoms with E-state index in [0.29, 0.717) is 16.9 Å². The van der Waals surface area contributed by atoms with Gasteiger partial charge in [-0.3, -0.25) is 0 Å². The van der Waals surface area contributed by atoms with Crippen molar-refractivity contribution in [3.8, 4) is 23.2 Å². The normalized spacial score (nSPS) is 10.0. The Morgan fingerprint density at radius 3 is 2.80 bits per heavy atom. The van der Waals surface area contributed by atoms with E-state index in [1.54, 1.807) is 36.4 Å². The van der Waals surface area contributed by atoms with Gasteiger partial charge in [0.25, 0.3) is 0 Å². The third-order valence-electron chi connectivity index (χ3n) is 3.45.